The molecule has 0 N–H and O–H groups in total. The van der Waals surface area contributed by atoms with E-state index in [1.165, 1.54) is 69.8 Å². The van der Waals surface area contributed by atoms with Crippen LogP contribution < -0.4 is 0 Å². The normalized spacial score (nSPS) is 34.7. The summed E-state index contributed by atoms with van der Waals surface area (Å²) in [7, 11) is 0. The van der Waals surface area contributed by atoms with Crippen LogP contribution in [-0.2, 0) is 0 Å². The van der Waals surface area contributed by atoms with E-state index in [4.69, 9.17) is 0 Å². The summed E-state index contributed by atoms with van der Waals surface area (Å²) in [5, 5.41) is 1.23. The molecule has 0 radical (unpaired) electrons. The minimum Gasteiger partial charge on any atom is -0.300 e. The molecule has 1 unspecified atom stereocenters. The van der Waals surface area contributed by atoms with Gasteiger partial charge < -0.3 is 0 Å². The molecule has 3 rings (SSSR count). The van der Waals surface area contributed by atoms with Crippen molar-refractivity contribution in [2.24, 2.45) is 11.3 Å². The Labute approximate surface area is 108 Å². The molecule has 3 fully saturated rings. The Morgan fingerprint density at radius 1 is 1.06 bits per heavy atom. The van der Waals surface area contributed by atoms with Crippen molar-refractivity contribution in [3.63, 3.8) is 0 Å². The fraction of sp³-hybridized carbons (Fsp3) is 1.00. The first-order valence-electron chi connectivity index (χ1n) is 7.13. The summed E-state index contributed by atoms with van der Waals surface area (Å²) in [6, 6.07) is 0.957. The third kappa shape index (κ3) is 2.20. The zero-order valence-electron chi connectivity index (χ0n) is 10.3. The van der Waals surface area contributed by atoms with Gasteiger partial charge in [-0.3, -0.25) is 4.90 Å². The molecule has 1 saturated heterocycles. The molecule has 0 bridgehead atoms. The van der Waals surface area contributed by atoms with Crippen LogP contribution in [0.3, 0.4) is 0 Å². The van der Waals surface area contributed by atoms with E-state index in [9.17, 15) is 0 Å². The minimum absolute atomic E-state index is 0.682. The van der Waals surface area contributed by atoms with Crippen molar-refractivity contribution in [3.8, 4) is 0 Å². The number of rotatable bonds is 4. The Morgan fingerprint density at radius 2 is 1.81 bits per heavy atom. The molecule has 1 nitrogen and oxygen atoms in total. The molecule has 3 aliphatic rings. The predicted molar refractivity (Wildman–Crippen MR) is 72.0 cm³/mol. The molecule has 0 aromatic carbocycles. The van der Waals surface area contributed by atoms with Crippen molar-refractivity contribution in [2.45, 2.75) is 57.4 Å². The summed E-state index contributed by atoms with van der Waals surface area (Å²) >= 11 is 3.72. The van der Waals surface area contributed by atoms with E-state index in [1.807, 2.05) is 0 Å². The summed E-state index contributed by atoms with van der Waals surface area (Å²) in [5.74, 6) is 1.05. The number of halogens is 1. The van der Waals surface area contributed by atoms with Gasteiger partial charge in [-0.2, -0.15) is 0 Å². The van der Waals surface area contributed by atoms with Crippen LogP contribution >= 0.6 is 15.9 Å². The molecule has 0 aromatic heterocycles. The molecule has 2 saturated carbocycles. The van der Waals surface area contributed by atoms with Gasteiger partial charge in [0.15, 0.2) is 0 Å². The maximum atomic E-state index is 3.72. The highest BCUT2D eigenvalue weighted by Crippen LogP contribution is 2.49. The molecule has 2 heteroatoms. The second kappa shape index (κ2) is 4.61. The van der Waals surface area contributed by atoms with Gasteiger partial charge in [0.1, 0.15) is 0 Å². The molecular formula is C14H24BrN. The number of hydrogen-bond donors (Lipinski definition) is 0. The largest absolute Gasteiger partial charge is 0.300 e. The highest BCUT2D eigenvalue weighted by Gasteiger charge is 2.45. The number of nitrogens with zero attached hydrogens (tertiary/aromatic N) is 1. The molecule has 1 atom stereocenters. The summed E-state index contributed by atoms with van der Waals surface area (Å²) in [4.78, 5) is 2.85. The zero-order chi connectivity index (χ0) is 11.0. The summed E-state index contributed by atoms with van der Waals surface area (Å²) in [6.45, 7) is 2.77. The third-order valence-electron chi connectivity index (χ3n) is 5.14. The van der Waals surface area contributed by atoms with Crippen molar-refractivity contribution >= 4 is 15.9 Å². The monoisotopic (exact) mass is 285 g/mol. The van der Waals surface area contributed by atoms with Gasteiger partial charge in [-0.15, -0.1) is 0 Å². The molecule has 16 heavy (non-hydrogen) atoms. The first kappa shape index (κ1) is 11.5. The predicted octanol–water partition coefficient (Wildman–Crippen LogP) is 3.82. The maximum absolute atomic E-state index is 3.72. The summed E-state index contributed by atoms with van der Waals surface area (Å²) in [5.41, 5.74) is 0.682. The number of hydrogen-bond acceptors (Lipinski definition) is 1. The Bertz CT molecular complexity index is 243. The van der Waals surface area contributed by atoms with Gasteiger partial charge in [0, 0.05) is 17.9 Å². The van der Waals surface area contributed by atoms with Crippen LogP contribution in [0.4, 0.5) is 0 Å². The minimum atomic E-state index is 0.682. The van der Waals surface area contributed by atoms with Gasteiger partial charge in [0.2, 0.25) is 0 Å². The lowest BCUT2D eigenvalue weighted by Gasteiger charge is -2.32. The summed E-state index contributed by atoms with van der Waals surface area (Å²) < 4.78 is 0. The maximum Gasteiger partial charge on any atom is 0.0124 e. The van der Waals surface area contributed by atoms with Crippen LogP contribution in [0.1, 0.15) is 51.4 Å². The van der Waals surface area contributed by atoms with E-state index in [2.05, 4.69) is 20.8 Å². The lowest BCUT2D eigenvalue weighted by molar-refractivity contribution is 0.164. The summed E-state index contributed by atoms with van der Waals surface area (Å²) in [6.07, 6.45) is 11.9. The second-order valence-corrected chi connectivity index (χ2v) is 6.92. The molecule has 1 aliphatic heterocycles. The van der Waals surface area contributed by atoms with Crippen molar-refractivity contribution in [1.82, 2.24) is 4.90 Å². The van der Waals surface area contributed by atoms with Gasteiger partial charge in [0.05, 0.1) is 0 Å². The van der Waals surface area contributed by atoms with Crippen molar-refractivity contribution in [2.75, 3.05) is 18.4 Å². The highest BCUT2D eigenvalue weighted by atomic mass is 79.9. The molecule has 0 aromatic rings. The van der Waals surface area contributed by atoms with E-state index in [0.717, 1.165) is 12.0 Å². The van der Waals surface area contributed by atoms with E-state index < -0.39 is 0 Å². The van der Waals surface area contributed by atoms with Crippen LogP contribution in [0.2, 0.25) is 0 Å². The van der Waals surface area contributed by atoms with Gasteiger partial charge in [-0.05, 0) is 56.4 Å². The molecule has 2 aliphatic carbocycles. The van der Waals surface area contributed by atoms with Crippen LogP contribution in [-0.4, -0.2) is 29.4 Å². The van der Waals surface area contributed by atoms with Crippen LogP contribution in [0.15, 0.2) is 0 Å². The SMILES string of the molecule is BrCC1(CN2CCCC2C2CCCC2)CC1. The highest BCUT2D eigenvalue weighted by molar-refractivity contribution is 9.09. The number of likely N-dealkylation sites (tertiary alicyclic amines) is 1. The smallest absolute Gasteiger partial charge is 0.0124 e. The molecule has 1 heterocycles. The lowest BCUT2D eigenvalue weighted by atomic mass is 9.95. The molecular weight excluding hydrogens is 262 g/mol. The van der Waals surface area contributed by atoms with E-state index >= 15 is 0 Å². The Balaban J connectivity index is 1.60. The average Bonchev–Trinajstić information content (AvgIpc) is 2.71. The van der Waals surface area contributed by atoms with Crippen molar-refractivity contribution in [3.05, 3.63) is 0 Å². The first-order valence-corrected chi connectivity index (χ1v) is 8.25. The van der Waals surface area contributed by atoms with Crippen LogP contribution in [0, 0.1) is 11.3 Å². The standard InChI is InChI=1S/C14H24BrN/c15-10-14(7-8-14)11-16-9-3-6-13(16)12-4-1-2-5-12/h12-13H,1-11H2. The Kier molecular flexibility index (Phi) is 3.32. The van der Waals surface area contributed by atoms with E-state index in [-0.39, 0.29) is 0 Å². The Hall–Kier alpha value is 0.440. The molecule has 92 valence electrons. The average molecular weight is 286 g/mol. The fourth-order valence-corrected chi connectivity index (χ4v) is 4.60. The van der Waals surface area contributed by atoms with Crippen molar-refractivity contribution in [1.29, 1.82) is 0 Å². The van der Waals surface area contributed by atoms with Gasteiger partial charge >= 0.3 is 0 Å². The zero-order valence-corrected chi connectivity index (χ0v) is 11.8. The quantitative estimate of drug-likeness (QED) is 0.710. The van der Waals surface area contributed by atoms with Crippen molar-refractivity contribution < 1.29 is 0 Å². The van der Waals surface area contributed by atoms with Crippen LogP contribution in [0.25, 0.3) is 0 Å². The topological polar surface area (TPSA) is 3.24 Å². The lowest BCUT2D eigenvalue weighted by Crippen LogP contribution is -2.39. The Morgan fingerprint density at radius 3 is 2.44 bits per heavy atom. The van der Waals surface area contributed by atoms with Gasteiger partial charge in [-0.25, -0.2) is 0 Å². The van der Waals surface area contributed by atoms with E-state index in [1.54, 1.807) is 0 Å². The van der Waals surface area contributed by atoms with E-state index in [0.29, 0.717) is 5.41 Å². The molecule has 0 spiro atoms. The fourth-order valence-electron chi connectivity index (χ4n) is 3.87. The van der Waals surface area contributed by atoms with Crippen LogP contribution in [0.5, 0.6) is 0 Å². The third-order valence-corrected chi connectivity index (χ3v) is 6.33. The van der Waals surface area contributed by atoms with Gasteiger partial charge in [0.25, 0.3) is 0 Å². The second-order valence-electron chi connectivity index (χ2n) is 6.36. The molecule has 0 amide bonds. The van der Waals surface area contributed by atoms with Gasteiger partial charge in [-0.1, -0.05) is 28.8 Å². The number of alkyl halides is 1. The first-order chi connectivity index (χ1) is 7.83.